The zero-order valence-corrected chi connectivity index (χ0v) is 35.0. The Balaban J connectivity index is 0.000000184. The maximum absolute atomic E-state index is 14.4. The Labute approximate surface area is 359 Å². The Morgan fingerprint density at radius 1 is 0.787 bits per heavy atom. The molecular formula is C41H44Cl2F2N12O4. The van der Waals surface area contributed by atoms with Crippen molar-refractivity contribution in [1.29, 1.82) is 0 Å². The molecule has 2 aliphatic heterocycles. The van der Waals surface area contributed by atoms with Crippen molar-refractivity contribution < 1.29 is 27.8 Å². The molecule has 6 aromatic rings. The molecule has 0 saturated carbocycles. The molecule has 0 bridgehead atoms. The van der Waals surface area contributed by atoms with E-state index in [0.29, 0.717) is 95.7 Å². The van der Waals surface area contributed by atoms with Crippen molar-refractivity contribution in [2.75, 3.05) is 56.5 Å². The molecule has 20 heteroatoms. The molecule has 0 aromatic carbocycles. The quantitative estimate of drug-likeness (QED) is 0.0959. The highest BCUT2D eigenvalue weighted by Crippen LogP contribution is 2.30. The highest BCUT2D eigenvalue weighted by Gasteiger charge is 2.27. The highest BCUT2D eigenvalue weighted by molar-refractivity contribution is 6.31. The van der Waals surface area contributed by atoms with E-state index in [1.807, 2.05) is 0 Å². The number of hydrogen-bond donors (Lipinski definition) is 4. The number of anilines is 2. The Bertz CT molecular complexity index is 2540. The zero-order chi connectivity index (χ0) is 43.0. The molecule has 0 aliphatic carbocycles. The summed E-state index contributed by atoms with van der Waals surface area (Å²) in [7, 11) is 0. The van der Waals surface area contributed by atoms with Gasteiger partial charge in [-0.3, -0.25) is 0 Å². The van der Waals surface area contributed by atoms with Gasteiger partial charge in [0.2, 0.25) is 0 Å². The molecule has 61 heavy (non-hydrogen) atoms. The van der Waals surface area contributed by atoms with Crippen LogP contribution in [0.1, 0.15) is 39.5 Å². The second-order valence-corrected chi connectivity index (χ2v) is 15.6. The summed E-state index contributed by atoms with van der Waals surface area (Å²) in [5.74, 6) is 0.544. The van der Waals surface area contributed by atoms with Crippen molar-refractivity contribution in [3.05, 3.63) is 83.3 Å². The lowest BCUT2D eigenvalue weighted by Gasteiger charge is -2.32. The molecule has 2 saturated heterocycles. The number of hydrogen-bond acceptors (Lipinski definition) is 12. The second-order valence-electron chi connectivity index (χ2n) is 14.7. The number of amides is 2. The summed E-state index contributed by atoms with van der Waals surface area (Å²) in [6, 6.07) is 3.53. The van der Waals surface area contributed by atoms with E-state index in [9.17, 15) is 18.4 Å². The number of aromatic nitrogens is 8. The number of ether oxygens (including phenoxy) is 2. The van der Waals surface area contributed by atoms with Crippen LogP contribution in [0.5, 0.6) is 0 Å². The normalized spacial score (nSPS) is 16.5. The van der Waals surface area contributed by atoms with Crippen molar-refractivity contribution >= 4 is 69.1 Å². The third-order valence-corrected chi connectivity index (χ3v) is 10.6. The minimum Gasteiger partial charge on any atom is -0.450 e. The molecule has 2 fully saturated rings. The molecule has 320 valence electrons. The van der Waals surface area contributed by atoms with Crippen LogP contribution in [0.3, 0.4) is 0 Å². The molecule has 2 atom stereocenters. The van der Waals surface area contributed by atoms with Crippen LogP contribution in [-0.4, -0.2) is 108 Å². The van der Waals surface area contributed by atoms with Gasteiger partial charge in [0.25, 0.3) is 0 Å². The van der Waals surface area contributed by atoms with Crippen molar-refractivity contribution in [3.8, 4) is 22.8 Å². The number of nitrogens with zero attached hydrogens (tertiary/aromatic N) is 8. The number of H-pyrrole nitrogens is 2. The second kappa shape index (κ2) is 19.5. The van der Waals surface area contributed by atoms with Crippen LogP contribution in [0.15, 0.2) is 61.7 Å². The van der Waals surface area contributed by atoms with Crippen molar-refractivity contribution in [2.45, 2.75) is 39.5 Å². The van der Waals surface area contributed by atoms with Crippen LogP contribution in [0, 0.1) is 23.5 Å². The Kier molecular flexibility index (Phi) is 13.7. The van der Waals surface area contributed by atoms with Crippen LogP contribution >= 0.6 is 23.2 Å². The van der Waals surface area contributed by atoms with Gasteiger partial charge in [-0.2, -0.15) is 0 Å². The average molecular weight is 878 g/mol. The maximum Gasteiger partial charge on any atom is 0.414 e. The van der Waals surface area contributed by atoms with Crippen molar-refractivity contribution in [2.24, 2.45) is 11.8 Å². The van der Waals surface area contributed by atoms with Gasteiger partial charge < -0.3 is 39.9 Å². The van der Waals surface area contributed by atoms with E-state index in [1.54, 1.807) is 60.6 Å². The van der Waals surface area contributed by atoms with Gasteiger partial charge in [0.1, 0.15) is 11.3 Å². The number of halogens is 4. The standard InChI is InChI=1S/C21H22ClFN6O2.C20H22ClFN6O2/c1-12(2)31-21(30)29-5-3-4-13(11-29)7-24-20-17(23)10-27-19(28-20)16-9-26-18-15(16)6-14(22)8-25-18;1-2-30-20(29)28-5-3-4-12(11-28)7-23-19-16(22)10-26-18(27-19)15-9-25-17-14(15)6-13(21)8-24-17/h6,8-10,13H,1,3-5,7,11H2,2H3,(H,25,26)(H,24,27,28);6,8-10,12H,2-5,7,11H2,1H3,(H,24,25)(H,23,26,27). The number of nitrogens with one attached hydrogen (secondary N) is 4. The molecule has 8 heterocycles. The first-order valence-electron chi connectivity index (χ1n) is 19.8. The minimum absolute atomic E-state index is 0.107. The van der Waals surface area contributed by atoms with E-state index < -0.39 is 17.7 Å². The summed E-state index contributed by atoms with van der Waals surface area (Å²) in [4.78, 5) is 58.9. The molecule has 2 aliphatic rings. The third kappa shape index (κ3) is 10.6. The Hall–Kier alpha value is -6.14. The predicted molar refractivity (Wildman–Crippen MR) is 228 cm³/mol. The van der Waals surface area contributed by atoms with E-state index in [1.165, 1.54) is 0 Å². The highest BCUT2D eigenvalue weighted by atomic mass is 35.5. The third-order valence-electron chi connectivity index (χ3n) is 10.2. The molecule has 0 spiro atoms. The predicted octanol–water partition coefficient (Wildman–Crippen LogP) is 8.70. The average Bonchev–Trinajstić information content (AvgIpc) is 3.87. The van der Waals surface area contributed by atoms with Gasteiger partial charge in [-0.1, -0.05) is 29.8 Å². The van der Waals surface area contributed by atoms with Gasteiger partial charge in [-0.15, -0.1) is 0 Å². The van der Waals surface area contributed by atoms with E-state index in [4.69, 9.17) is 32.7 Å². The van der Waals surface area contributed by atoms with Crippen LogP contribution in [0.25, 0.3) is 44.8 Å². The zero-order valence-electron chi connectivity index (χ0n) is 33.5. The molecule has 2 amide bonds. The van der Waals surface area contributed by atoms with Crippen molar-refractivity contribution in [3.63, 3.8) is 0 Å². The molecule has 0 radical (unpaired) electrons. The number of rotatable bonds is 10. The van der Waals surface area contributed by atoms with Gasteiger partial charge in [-0.05, 0) is 63.5 Å². The number of piperidine rings is 2. The number of carbonyl (C=O) groups excluding carboxylic acids is 2. The lowest BCUT2D eigenvalue weighted by molar-refractivity contribution is 0.0898. The van der Waals surface area contributed by atoms with E-state index >= 15 is 0 Å². The first-order valence-corrected chi connectivity index (χ1v) is 20.5. The lowest BCUT2D eigenvalue weighted by atomic mass is 9.98. The van der Waals surface area contributed by atoms with Crippen LogP contribution in [-0.2, 0) is 9.47 Å². The number of allylic oxidation sites excluding steroid dienone is 1. The monoisotopic (exact) mass is 876 g/mol. The van der Waals surface area contributed by atoms with E-state index in [2.05, 4.69) is 57.1 Å². The summed E-state index contributed by atoms with van der Waals surface area (Å²) in [6.45, 7) is 10.7. The fourth-order valence-electron chi connectivity index (χ4n) is 7.27. The topological polar surface area (TPSA) is 192 Å². The summed E-state index contributed by atoms with van der Waals surface area (Å²) < 4.78 is 38.9. The summed E-state index contributed by atoms with van der Waals surface area (Å²) in [6.07, 6.45) is 11.7. The van der Waals surface area contributed by atoms with Crippen LogP contribution < -0.4 is 10.6 Å². The number of fused-ring (bicyclic) bond motifs is 2. The van der Waals surface area contributed by atoms with Gasteiger partial charge in [0.15, 0.2) is 34.9 Å². The van der Waals surface area contributed by atoms with E-state index in [0.717, 1.165) is 48.8 Å². The van der Waals surface area contributed by atoms with Crippen molar-refractivity contribution in [1.82, 2.24) is 49.7 Å². The van der Waals surface area contributed by atoms with Crippen LogP contribution in [0.2, 0.25) is 10.0 Å². The summed E-state index contributed by atoms with van der Waals surface area (Å²) in [5, 5.41) is 8.64. The van der Waals surface area contributed by atoms with Gasteiger partial charge >= 0.3 is 12.2 Å². The molecule has 16 nitrogen and oxygen atoms in total. The molecule has 4 N–H and O–H groups in total. The van der Waals surface area contributed by atoms with Gasteiger partial charge in [-0.25, -0.2) is 48.3 Å². The largest absolute Gasteiger partial charge is 0.450 e. The van der Waals surface area contributed by atoms with E-state index in [-0.39, 0.29) is 29.6 Å². The fourth-order valence-corrected chi connectivity index (χ4v) is 7.59. The van der Waals surface area contributed by atoms with Gasteiger partial charge in [0.05, 0.1) is 34.8 Å². The number of likely N-dealkylation sites (tertiary alicyclic amines) is 2. The van der Waals surface area contributed by atoms with Crippen LogP contribution in [0.4, 0.5) is 30.0 Å². The molecule has 2 unspecified atom stereocenters. The first-order chi connectivity index (χ1) is 29.4. The smallest absolute Gasteiger partial charge is 0.414 e. The molecule has 8 rings (SSSR count). The molecular weight excluding hydrogens is 833 g/mol. The lowest BCUT2D eigenvalue weighted by Crippen LogP contribution is -2.42. The minimum atomic E-state index is -0.547. The fraction of sp³-hybridized carbons (Fsp3) is 0.366. The number of carbonyl (C=O) groups is 2. The maximum atomic E-state index is 14.4. The van der Waals surface area contributed by atoms with Gasteiger partial charge in [0, 0.05) is 86.0 Å². The summed E-state index contributed by atoms with van der Waals surface area (Å²) >= 11 is 12.1. The molecule has 6 aromatic heterocycles. The SMILES string of the molecule is C=C(C)OC(=O)N1CCCC(CNc2nc(-c3c[nH]c4ncc(Cl)cc34)ncc2F)C1.CCOC(=O)N1CCCC(CNc2nc(-c3c[nH]c4ncc(Cl)cc34)ncc2F)C1. The summed E-state index contributed by atoms with van der Waals surface area (Å²) in [5.41, 5.74) is 2.66. The Morgan fingerprint density at radius 2 is 1.26 bits per heavy atom. The first kappa shape index (κ1) is 43.0. The Morgan fingerprint density at radius 3 is 1.72 bits per heavy atom. The number of pyridine rings is 2. The number of aromatic amines is 2.